The lowest BCUT2D eigenvalue weighted by atomic mass is 10.0. The van der Waals surface area contributed by atoms with Crippen LogP contribution >= 0.6 is 0 Å². The van der Waals surface area contributed by atoms with E-state index in [4.69, 9.17) is 8.83 Å². The maximum Gasteiger partial charge on any atom is 0.139 e. The van der Waals surface area contributed by atoms with Gasteiger partial charge in [0.25, 0.3) is 0 Å². The Kier molecular flexibility index (Phi) is 1.83. The molecule has 0 unspecified atom stereocenters. The predicted octanol–water partition coefficient (Wildman–Crippen LogP) is 5.29. The molecule has 0 saturated heterocycles. The van der Waals surface area contributed by atoms with Gasteiger partial charge in [-0.1, -0.05) is 30.4 Å². The van der Waals surface area contributed by atoms with Gasteiger partial charge in [-0.3, -0.25) is 0 Å². The van der Waals surface area contributed by atoms with Crippen LogP contribution in [-0.2, 0) is 6.42 Å². The first-order valence-corrected chi connectivity index (χ1v) is 6.93. The third-order valence-corrected chi connectivity index (χ3v) is 4.13. The van der Waals surface area contributed by atoms with Crippen molar-refractivity contribution in [3.8, 4) is 0 Å². The molecule has 20 heavy (non-hydrogen) atoms. The second-order valence-corrected chi connectivity index (χ2v) is 5.32. The minimum atomic E-state index is 0.897. The summed E-state index contributed by atoms with van der Waals surface area (Å²) in [6.45, 7) is 0. The van der Waals surface area contributed by atoms with E-state index in [0.29, 0.717) is 0 Å². The molecule has 4 aromatic rings. The molecule has 0 fully saturated rings. The SMILES string of the molecule is C1=Cc2c(oc3cc4oc5ccccc5c4cc23)CC1. The van der Waals surface area contributed by atoms with Crippen LogP contribution in [0.5, 0.6) is 0 Å². The van der Waals surface area contributed by atoms with Crippen LogP contribution in [0.2, 0.25) is 0 Å². The molecule has 0 N–H and O–H groups in total. The second kappa shape index (κ2) is 3.54. The maximum absolute atomic E-state index is 5.98. The fourth-order valence-electron chi connectivity index (χ4n) is 3.17. The number of fused-ring (bicyclic) bond motifs is 6. The van der Waals surface area contributed by atoms with Crippen LogP contribution in [0.25, 0.3) is 39.0 Å². The van der Waals surface area contributed by atoms with E-state index in [1.54, 1.807) is 0 Å². The first kappa shape index (κ1) is 10.3. The van der Waals surface area contributed by atoms with Crippen molar-refractivity contribution >= 4 is 39.0 Å². The lowest BCUT2D eigenvalue weighted by molar-refractivity contribution is 0.546. The normalized spacial score (nSPS) is 14.4. The summed E-state index contributed by atoms with van der Waals surface area (Å²) in [6, 6.07) is 12.4. The molecular weight excluding hydrogens is 248 g/mol. The molecule has 0 saturated carbocycles. The third-order valence-electron chi connectivity index (χ3n) is 4.13. The summed E-state index contributed by atoms with van der Waals surface area (Å²) in [6.07, 6.45) is 6.45. The molecular formula is C18H12O2. The van der Waals surface area contributed by atoms with E-state index in [1.807, 2.05) is 24.3 Å². The van der Waals surface area contributed by atoms with Crippen molar-refractivity contribution in [1.29, 1.82) is 0 Å². The maximum atomic E-state index is 5.98. The van der Waals surface area contributed by atoms with E-state index in [2.05, 4.69) is 24.3 Å². The van der Waals surface area contributed by atoms with Crippen molar-refractivity contribution in [3.63, 3.8) is 0 Å². The van der Waals surface area contributed by atoms with E-state index in [9.17, 15) is 0 Å². The van der Waals surface area contributed by atoms with Crippen molar-refractivity contribution in [1.82, 2.24) is 0 Å². The zero-order valence-electron chi connectivity index (χ0n) is 10.8. The second-order valence-electron chi connectivity index (χ2n) is 5.32. The molecule has 0 aliphatic heterocycles. The number of rotatable bonds is 0. The highest BCUT2D eigenvalue weighted by Gasteiger charge is 2.17. The topological polar surface area (TPSA) is 26.3 Å². The zero-order valence-corrected chi connectivity index (χ0v) is 10.8. The van der Waals surface area contributed by atoms with Crippen molar-refractivity contribution in [2.24, 2.45) is 0 Å². The van der Waals surface area contributed by atoms with E-state index in [-0.39, 0.29) is 0 Å². The van der Waals surface area contributed by atoms with Crippen LogP contribution in [0, 0.1) is 0 Å². The van der Waals surface area contributed by atoms with Crippen LogP contribution in [0.4, 0.5) is 0 Å². The number of para-hydroxylation sites is 1. The summed E-state index contributed by atoms with van der Waals surface area (Å²) in [5.41, 5.74) is 3.99. The molecule has 1 aliphatic carbocycles. The Morgan fingerprint density at radius 1 is 0.800 bits per heavy atom. The monoisotopic (exact) mass is 260 g/mol. The number of hydrogen-bond donors (Lipinski definition) is 0. The number of furan rings is 2. The van der Waals surface area contributed by atoms with E-state index in [1.165, 1.54) is 16.3 Å². The Bertz CT molecular complexity index is 998. The Labute approximate surface area is 115 Å². The van der Waals surface area contributed by atoms with Crippen LogP contribution in [0.15, 0.2) is 51.3 Å². The van der Waals surface area contributed by atoms with Crippen molar-refractivity contribution in [2.45, 2.75) is 12.8 Å². The number of aryl methyl sites for hydroxylation is 1. The molecule has 0 amide bonds. The van der Waals surface area contributed by atoms with Crippen molar-refractivity contribution < 1.29 is 8.83 Å². The van der Waals surface area contributed by atoms with Crippen LogP contribution in [0.3, 0.4) is 0 Å². The Morgan fingerprint density at radius 3 is 2.70 bits per heavy atom. The van der Waals surface area contributed by atoms with E-state index >= 15 is 0 Å². The highest BCUT2D eigenvalue weighted by atomic mass is 16.3. The fraction of sp³-hybridized carbons (Fsp3) is 0.111. The van der Waals surface area contributed by atoms with Crippen LogP contribution in [-0.4, -0.2) is 0 Å². The van der Waals surface area contributed by atoms with Gasteiger partial charge in [-0.15, -0.1) is 0 Å². The minimum absolute atomic E-state index is 0.897. The van der Waals surface area contributed by atoms with Crippen LogP contribution in [0.1, 0.15) is 17.7 Å². The fourth-order valence-corrected chi connectivity index (χ4v) is 3.17. The lowest BCUT2D eigenvalue weighted by Gasteiger charge is -2.01. The van der Waals surface area contributed by atoms with Crippen LogP contribution < -0.4 is 0 Å². The van der Waals surface area contributed by atoms with Gasteiger partial charge in [0.05, 0.1) is 0 Å². The minimum Gasteiger partial charge on any atom is -0.460 e. The molecule has 0 bridgehead atoms. The lowest BCUT2D eigenvalue weighted by Crippen LogP contribution is -1.88. The molecule has 2 aromatic carbocycles. The van der Waals surface area contributed by atoms with Gasteiger partial charge in [0, 0.05) is 34.2 Å². The van der Waals surface area contributed by atoms with Gasteiger partial charge in [-0.2, -0.15) is 0 Å². The Hall–Kier alpha value is -2.48. The molecule has 2 aromatic heterocycles. The van der Waals surface area contributed by atoms with Gasteiger partial charge >= 0.3 is 0 Å². The molecule has 5 rings (SSSR count). The summed E-state index contributed by atoms with van der Waals surface area (Å²) >= 11 is 0. The molecule has 0 spiro atoms. The largest absolute Gasteiger partial charge is 0.460 e. The van der Waals surface area contributed by atoms with Gasteiger partial charge in [0.1, 0.15) is 22.5 Å². The summed E-state index contributed by atoms with van der Waals surface area (Å²) in [4.78, 5) is 0. The first-order chi connectivity index (χ1) is 9.90. The quantitative estimate of drug-likeness (QED) is 0.429. The van der Waals surface area contributed by atoms with Gasteiger partial charge in [-0.05, 0) is 18.6 Å². The van der Waals surface area contributed by atoms with Gasteiger partial charge in [0.2, 0.25) is 0 Å². The first-order valence-electron chi connectivity index (χ1n) is 6.93. The smallest absolute Gasteiger partial charge is 0.139 e. The standard InChI is InChI=1S/C18H12O2/c1-3-7-15-11(5-1)13-9-14-12-6-2-4-8-16(12)20-18(14)10-17(13)19-15/h1-3,5-7,9-10H,4,8H2. The third kappa shape index (κ3) is 1.23. The summed E-state index contributed by atoms with van der Waals surface area (Å²) in [5.74, 6) is 1.10. The zero-order chi connectivity index (χ0) is 13.1. The summed E-state index contributed by atoms with van der Waals surface area (Å²) in [7, 11) is 0. The number of allylic oxidation sites excluding steroid dienone is 1. The molecule has 2 heterocycles. The average Bonchev–Trinajstić information content (AvgIpc) is 3.02. The molecule has 96 valence electrons. The Balaban J connectivity index is 1.98. The Morgan fingerprint density at radius 2 is 1.70 bits per heavy atom. The molecule has 2 nitrogen and oxygen atoms in total. The van der Waals surface area contributed by atoms with Gasteiger partial charge in [0.15, 0.2) is 0 Å². The molecule has 2 heteroatoms. The summed E-state index contributed by atoms with van der Waals surface area (Å²) < 4.78 is 11.9. The number of benzene rings is 2. The summed E-state index contributed by atoms with van der Waals surface area (Å²) in [5, 5.41) is 3.52. The van der Waals surface area contributed by atoms with Gasteiger partial charge < -0.3 is 8.83 Å². The molecule has 1 aliphatic rings. The number of hydrogen-bond acceptors (Lipinski definition) is 2. The van der Waals surface area contributed by atoms with Gasteiger partial charge in [-0.25, -0.2) is 0 Å². The highest BCUT2D eigenvalue weighted by molar-refractivity contribution is 6.10. The van der Waals surface area contributed by atoms with E-state index < -0.39 is 0 Å². The molecule has 0 atom stereocenters. The van der Waals surface area contributed by atoms with Crippen molar-refractivity contribution in [3.05, 3.63) is 53.8 Å². The predicted molar refractivity (Wildman–Crippen MR) is 80.8 cm³/mol. The van der Waals surface area contributed by atoms with Crippen molar-refractivity contribution in [2.75, 3.05) is 0 Å². The average molecular weight is 260 g/mol. The molecule has 0 radical (unpaired) electrons. The van der Waals surface area contributed by atoms with E-state index in [0.717, 1.165) is 40.7 Å². The highest BCUT2D eigenvalue weighted by Crippen LogP contribution is 2.37.